The Balaban J connectivity index is 2.91. The Bertz CT molecular complexity index is 431. The van der Waals surface area contributed by atoms with Crippen molar-refractivity contribution in [3.05, 3.63) is 29.8 Å². The average Bonchev–Trinajstić information content (AvgIpc) is 2.47. The third-order valence-corrected chi connectivity index (χ3v) is 3.89. The van der Waals surface area contributed by atoms with E-state index in [1.807, 2.05) is 37.1 Å². The molecule has 0 saturated heterocycles. The molecule has 0 spiro atoms. The van der Waals surface area contributed by atoms with Crippen molar-refractivity contribution in [2.45, 2.75) is 39.5 Å². The van der Waals surface area contributed by atoms with E-state index in [9.17, 15) is 4.79 Å². The molecule has 112 valence electrons. The second-order valence-corrected chi connectivity index (χ2v) is 5.34. The van der Waals surface area contributed by atoms with Crippen molar-refractivity contribution in [1.82, 2.24) is 4.90 Å². The normalized spacial score (nSPS) is 13.7. The van der Waals surface area contributed by atoms with Crippen LogP contribution in [0, 0.1) is 5.92 Å². The number of rotatable bonds is 7. The molecule has 20 heavy (non-hydrogen) atoms. The smallest absolute Gasteiger partial charge is 0.225 e. The number of methoxy groups -OCH3 is 1. The van der Waals surface area contributed by atoms with Crippen LogP contribution in [0.15, 0.2) is 24.3 Å². The van der Waals surface area contributed by atoms with Gasteiger partial charge in [-0.3, -0.25) is 4.79 Å². The lowest BCUT2D eigenvalue weighted by molar-refractivity contribution is -0.134. The molecule has 0 heterocycles. The van der Waals surface area contributed by atoms with E-state index < -0.39 is 0 Å². The summed E-state index contributed by atoms with van der Waals surface area (Å²) in [6.45, 7) is 7.07. The molecule has 0 N–H and O–H groups in total. The first-order chi connectivity index (χ1) is 9.54. The Labute approximate surface area is 122 Å². The summed E-state index contributed by atoms with van der Waals surface area (Å²) in [5, 5.41) is 0. The fourth-order valence-corrected chi connectivity index (χ4v) is 2.72. The maximum atomic E-state index is 12.5. The molecule has 0 fully saturated rings. The van der Waals surface area contributed by atoms with Crippen LogP contribution in [0.5, 0.6) is 5.75 Å². The highest BCUT2D eigenvalue weighted by Gasteiger charge is 2.26. The van der Waals surface area contributed by atoms with Gasteiger partial charge < -0.3 is 9.64 Å². The van der Waals surface area contributed by atoms with E-state index in [0.29, 0.717) is 0 Å². The van der Waals surface area contributed by atoms with E-state index in [2.05, 4.69) is 19.9 Å². The number of hydrogen-bond donors (Lipinski definition) is 0. The minimum atomic E-state index is -0.0105. The molecular weight excluding hydrogens is 250 g/mol. The summed E-state index contributed by atoms with van der Waals surface area (Å²) in [4.78, 5) is 14.3. The number of hydrogen-bond acceptors (Lipinski definition) is 2. The van der Waals surface area contributed by atoms with Gasteiger partial charge in [0.15, 0.2) is 0 Å². The zero-order chi connectivity index (χ0) is 15.1. The largest absolute Gasteiger partial charge is 0.497 e. The summed E-state index contributed by atoms with van der Waals surface area (Å²) in [6.07, 6.45) is 1.94. The average molecular weight is 277 g/mol. The number of amides is 1. The van der Waals surface area contributed by atoms with E-state index in [1.54, 1.807) is 7.11 Å². The van der Waals surface area contributed by atoms with Crippen LogP contribution in [0.3, 0.4) is 0 Å². The number of carbonyl (C=O) groups excluding carboxylic acids is 1. The van der Waals surface area contributed by atoms with Gasteiger partial charge in [0.25, 0.3) is 0 Å². The molecule has 0 saturated carbocycles. The van der Waals surface area contributed by atoms with Crippen molar-refractivity contribution >= 4 is 5.91 Å². The molecule has 0 aliphatic heterocycles. The predicted octanol–water partition coefficient (Wildman–Crippen LogP) is 3.69. The maximum absolute atomic E-state index is 12.5. The van der Waals surface area contributed by atoms with Crippen molar-refractivity contribution < 1.29 is 9.53 Å². The standard InChI is InChI=1S/C17H27NO2/c1-6-11-18(4)17(19)13(3)16(7-2)14-9-8-10-15(12-14)20-5/h8-10,12-13,16H,6-7,11H2,1-5H3. The monoisotopic (exact) mass is 277 g/mol. The van der Waals surface area contributed by atoms with Crippen LogP contribution in [0.4, 0.5) is 0 Å². The molecule has 1 amide bonds. The van der Waals surface area contributed by atoms with E-state index >= 15 is 0 Å². The molecule has 0 aromatic heterocycles. The first-order valence-corrected chi connectivity index (χ1v) is 7.44. The Morgan fingerprint density at radius 2 is 2.05 bits per heavy atom. The van der Waals surface area contributed by atoms with Gasteiger partial charge in [0.1, 0.15) is 5.75 Å². The molecule has 1 aromatic rings. The third-order valence-electron chi connectivity index (χ3n) is 3.89. The van der Waals surface area contributed by atoms with Crippen LogP contribution in [0.1, 0.15) is 45.1 Å². The molecule has 0 aliphatic rings. The fourth-order valence-electron chi connectivity index (χ4n) is 2.72. The van der Waals surface area contributed by atoms with E-state index in [4.69, 9.17) is 4.74 Å². The van der Waals surface area contributed by atoms with Gasteiger partial charge >= 0.3 is 0 Å². The molecule has 1 aromatic carbocycles. The SMILES string of the molecule is CCCN(C)C(=O)C(C)C(CC)c1cccc(OC)c1. The summed E-state index contributed by atoms with van der Waals surface area (Å²) < 4.78 is 5.28. The zero-order valence-electron chi connectivity index (χ0n) is 13.3. The molecule has 3 heteroatoms. The minimum absolute atomic E-state index is 0.0105. The van der Waals surface area contributed by atoms with Gasteiger partial charge in [-0.25, -0.2) is 0 Å². The summed E-state index contributed by atoms with van der Waals surface area (Å²) >= 11 is 0. The van der Waals surface area contributed by atoms with Crippen LogP contribution in [0.25, 0.3) is 0 Å². The van der Waals surface area contributed by atoms with Crippen molar-refractivity contribution in [3.63, 3.8) is 0 Å². The summed E-state index contributed by atoms with van der Waals surface area (Å²) in [7, 11) is 3.56. The quantitative estimate of drug-likeness (QED) is 0.760. The Hall–Kier alpha value is -1.51. The van der Waals surface area contributed by atoms with Gasteiger partial charge in [-0.2, -0.15) is 0 Å². The summed E-state index contributed by atoms with van der Waals surface area (Å²) in [6, 6.07) is 8.05. The zero-order valence-corrected chi connectivity index (χ0v) is 13.3. The molecule has 1 rings (SSSR count). The Morgan fingerprint density at radius 1 is 1.35 bits per heavy atom. The van der Waals surface area contributed by atoms with Crippen LogP contribution in [-0.4, -0.2) is 31.5 Å². The van der Waals surface area contributed by atoms with Gasteiger partial charge in [-0.15, -0.1) is 0 Å². The first-order valence-electron chi connectivity index (χ1n) is 7.44. The fraction of sp³-hybridized carbons (Fsp3) is 0.588. The van der Waals surface area contributed by atoms with Gasteiger partial charge in [-0.1, -0.05) is 32.9 Å². The highest BCUT2D eigenvalue weighted by atomic mass is 16.5. The Kier molecular flexibility index (Phi) is 6.56. The topological polar surface area (TPSA) is 29.5 Å². The molecule has 2 unspecified atom stereocenters. The van der Waals surface area contributed by atoms with Crippen LogP contribution < -0.4 is 4.74 Å². The molecule has 0 radical (unpaired) electrons. The van der Waals surface area contributed by atoms with Crippen molar-refractivity contribution in [2.24, 2.45) is 5.92 Å². The number of nitrogens with zero attached hydrogens (tertiary/aromatic N) is 1. The van der Waals surface area contributed by atoms with E-state index in [0.717, 1.165) is 25.1 Å². The van der Waals surface area contributed by atoms with E-state index in [-0.39, 0.29) is 17.7 Å². The van der Waals surface area contributed by atoms with Gasteiger partial charge in [0.2, 0.25) is 5.91 Å². The van der Waals surface area contributed by atoms with Gasteiger partial charge in [0.05, 0.1) is 7.11 Å². The minimum Gasteiger partial charge on any atom is -0.497 e. The second kappa shape index (κ2) is 7.93. The van der Waals surface area contributed by atoms with E-state index in [1.165, 1.54) is 5.56 Å². The lowest BCUT2D eigenvalue weighted by atomic mass is 9.84. The summed E-state index contributed by atoms with van der Waals surface area (Å²) in [5.41, 5.74) is 1.18. The van der Waals surface area contributed by atoms with Crippen molar-refractivity contribution in [2.75, 3.05) is 20.7 Å². The number of ether oxygens (including phenoxy) is 1. The molecule has 2 atom stereocenters. The molecule has 0 bridgehead atoms. The van der Waals surface area contributed by atoms with Gasteiger partial charge in [0, 0.05) is 19.5 Å². The maximum Gasteiger partial charge on any atom is 0.225 e. The second-order valence-electron chi connectivity index (χ2n) is 5.34. The van der Waals surface area contributed by atoms with Crippen molar-refractivity contribution in [3.8, 4) is 5.75 Å². The first kappa shape index (κ1) is 16.5. The number of benzene rings is 1. The lowest BCUT2D eigenvalue weighted by Crippen LogP contribution is -2.34. The van der Waals surface area contributed by atoms with Crippen LogP contribution >= 0.6 is 0 Å². The molecule has 0 aliphatic carbocycles. The van der Waals surface area contributed by atoms with Crippen LogP contribution in [-0.2, 0) is 4.79 Å². The van der Waals surface area contributed by atoms with Crippen LogP contribution in [0.2, 0.25) is 0 Å². The van der Waals surface area contributed by atoms with Crippen molar-refractivity contribution in [1.29, 1.82) is 0 Å². The number of carbonyl (C=O) groups is 1. The summed E-state index contributed by atoms with van der Waals surface area (Å²) in [5.74, 6) is 1.30. The predicted molar refractivity (Wildman–Crippen MR) is 83.1 cm³/mol. The third kappa shape index (κ3) is 3.99. The molecule has 3 nitrogen and oxygen atoms in total. The molecular formula is C17H27NO2. The highest BCUT2D eigenvalue weighted by Crippen LogP contribution is 2.31. The Morgan fingerprint density at radius 3 is 2.60 bits per heavy atom. The lowest BCUT2D eigenvalue weighted by Gasteiger charge is -2.27. The van der Waals surface area contributed by atoms with Gasteiger partial charge in [-0.05, 0) is 36.5 Å². The highest BCUT2D eigenvalue weighted by molar-refractivity contribution is 5.79.